The summed E-state index contributed by atoms with van der Waals surface area (Å²) in [5.41, 5.74) is 1.20. The molecule has 0 N–H and O–H groups in total. The number of carbonyl (C=O) groups excluding carboxylic acids is 1. The van der Waals surface area contributed by atoms with Gasteiger partial charge in [-0.05, 0) is 39.0 Å². The van der Waals surface area contributed by atoms with Gasteiger partial charge in [-0.2, -0.15) is 4.40 Å². The van der Waals surface area contributed by atoms with Crippen LogP contribution in [0.25, 0.3) is 0 Å². The maximum Gasteiger partial charge on any atom is 0.339 e. The third-order valence-electron chi connectivity index (χ3n) is 3.31. The van der Waals surface area contributed by atoms with Crippen LogP contribution in [-0.4, -0.2) is 28.2 Å². The van der Waals surface area contributed by atoms with Gasteiger partial charge in [-0.15, -0.1) is 0 Å². The lowest BCUT2D eigenvalue weighted by molar-refractivity contribution is 0.0597. The van der Waals surface area contributed by atoms with Gasteiger partial charge < -0.3 is 4.74 Å². The molecule has 0 saturated carbocycles. The third kappa shape index (κ3) is 5.19. The number of esters is 1. The van der Waals surface area contributed by atoms with E-state index in [1.165, 1.54) is 18.9 Å². The molecule has 7 heteroatoms. The van der Waals surface area contributed by atoms with Crippen LogP contribution in [0.5, 0.6) is 0 Å². The Balaban J connectivity index is 2.42. The van der Waals surface area contributed by atoms with E-state index in [2.05, 4.69) is 4.40 Å². The second-order valence-corrected chi connectivity index (χ2v) is 9.74. The fraction of sp³-hybridized carbons (Fsp3) is 0.263. The zero-order valence-electron chi connectivity index (χ0n) is 15.0. The van der Waals surface area contributed by atoms with Crippen molar-refractivity contribution < 1.29 is 13.7 Å². The molecule has 0 aliphatic carbocycles. The molecule has 0 aliphatic rings. The molecule has 2 aromatic rings. The lowest BCUT2D eigenvalue weighted by atomic mass is 10.2. The van der Waals surface area contributed by atoms with Gasteiger partial charge >= 0.3 is 5.97 Å². The van der Waals surface area contributed by atoms with Gasteiger partial charge in [0.05, 0.1) is 22.4 Å². The summed E-state index contributed by atoms with van der Waals surface area (Å²) in [6, 6.07) is 12.6. The Kier molecular flexibility index (Phi) is 7.03. The molecule has 0 aromatic heterocycles. The van der Waals surface area contributed by atoms with Crippen LogP contribution >= 0.6 is 23.4 Å². The first-order valence-electron chi connectivity index (χ1n) is 7.84. The summed E-state index contributed by atoms with van der Waals surface area (Å²) in [7, 11) is -0.0229. The van der Waals surface area contributed by atoms with E-state index in [4.69, 9.17) is 16.3 Å². The first kappa shape index (κ1) is 20.7. The van der Waals surface area contributed by atoms with E-state index in [1.807, 2.05) is 39.0 Å². The predicted molar refractivity (Wildman–Crippen MR) is 109 cm³/mol. The van der Waals surface area contributed by atoms with E-state index in [0.717, 1.165) is 15.4 Å². The number of hydrogen-bond donors (Lipinski definition) is 0. The fourth-order valence-corrected chi connectivity index (χ4v) is 3.80. The molecule has 138 valence electrons. The molecular formula is C19H20ClNO3S2. The van der Waals surface area contributed by atoms with E-state index in [-0.39, 0.29) is 0 Å². The van der Waals surface area contributed by atoms with Gasteiger partial charge in [-0.3, -0.25) is 0 Å². The number of carbonyl (C=O) groups is 1. The standard InChI is InChI=1S/C19H20ClNO3S2/c1-19(2,3)26(23)21-12-13-8-7-10-15(20)17(13)25-16-11-6-5-9-14(16)18(22)24-4/h5-12H,1-4H3/b21-12+. The molecule has 0 fully saturated rings. The Bertz CT molecular complexity index is 860. The smallest absolute Gasteiger partial charge is 0.339 e. The number of halogens is 1. The Morgan fingerprint density at radius 3 is 2.54 bits per heavy atom. The molecule has 0 spiro atoms. The molecule has 26 heavy (non-hydrogen) atoms. The minimum absolute atomic E-state index is 0.413. The number of rotatable bonds is 5. The highest BCUT2D eigenvalue weighted by atomic mass is 35.5. The van der Waals surface area contributed by atoms with Crippen LogP contribution < -0.4 is 0 Å². The first-order valence-corrected chi connectivity index (χ1v) is 10.1. The SMILES string of the molecule is COC(=O)c1ccccc1Sc1c(Cl)cccc1/C=N/S(=O)C(C)(C)C. The van der Waals surface area contributed by atoms with E-state index in [0.29, 0.717) is 10.6 Å². The highest BCUT2D eigenvalue weighted by molar-refractivity contribution is 7.99. The van der Waals surface area contributed by atoms with Crippen molar-refractivity contribution in [1.82, 2.24) is 0 Å². The number of methoxy groups -OCH3 is 1. The van der Waals surface area contributed by atoms with Crippen molar-refractivity contribution in [3.8, 4) is 0 Å². The highest BCUT2D eigenvalue weighted by Gasteiger charge is 2.19. The van der Waals surface area contributed by atoms with Gasteiger partial charge in [-0.1, -0.05) is 47.6 Å². The molecule has 0 aliphatic heterocycles. The van der Waals surface area contributed by atoms with Crippen LogP contribution in [0.1, 0.15) is 36.7 Å². The van der Waals surface area contributed by atoms with Crippen molar-refractivity contribution in [2.75, 3.05) is 7.11 Å². The van der Waals surface area contributed by atoms with E-state index in [1.54, 1.807) is 30.5 Å². The van der Waals surface area contributed by atoms with Crippen molar-refractivity contribution in [2.24, 2.45) is 4.40 Å². The topological polar surface area (TPSA) is 55.7 Å². The average molecular weight is 410 g/mol. The zero-order valence-corrected chi connectivity index (χ0v) is 17.4. The molecule has 1 atom stereocenters. The van der Waals surface area contributed by atoms with Crippen molar-refractivity contribution >= 4 is 46.5 Å². The molecule has 0 radical (unpaired) electrons. The molecule has 4 nitrogen and oxygen atoms in total. The lowest BCUT2D eigenvalue weighted by Gasteiger charge is -2.13. The Labute approximate surface area is 165 Å². The largest absolute Gasteiger partial charge is 0.465 e. The quantitative estimate of drug-likeness (QED) is 0.505. The van der Waals surface area contributed by atoms with Crippen LogP contribution in [0.4, 0.5) is 0 Å². The second-order valence-electron chi connectivity index (χ2n) is 6.34. The average Bonchev–Trinajstić information content (AvgIpc) is 2.60. The summed E-state index contributed by atoms with van der Waals surface area (Å²) >= 11 is 7.72. The molecule has 2 rings (SSSR count). The molecular weight excluding hydrogens is 390 g/mol. The van der Waals surface area contributed by atoms with Gasteiger partial charge in [0.1, 0.15) is 11.0 Å². The van der Waals surface area contributed by atoms with Gasteiger partial charge in [0, 0.05) is 21.6 Å². The summed E-state index contributed by atoms with van der Waals surface area (Å²) in [4.78, 5) is 13.4. The lowest BCUT2D eigenvalue weighted by Crippen LogP contribution is -2.19. The normalized spacial score (nSPS) is 13.0. The van der Waals surface area contributed by atoms with Gasteiger partial charge in [0.25, 0.3) is 0 Å². The zero-order chi connectivity index (χ0) is 19.3. The van der Waals surface area contributed by atoms with Crippen molar-refractivity contribution in [1.29, 1.82) is 0 Å². The molecule has 0 amide bonds. The molecule has 1 unspecified atom stereocenters. The number of benzene rings is 2. The maximum atomic E-state index is 12.2. The van der Waals surface area contributed by atoms with Crippen molar-refractivity contribution in [3.05, 3.63) is 58.6 Å². The predicted octanol–water partition coefficient (Wildman–Crippen LogP) is 5.16. The second kappa shape index (κ2) is 8.84. The van der Waals surface area contributed by atoms with Crippen LogP contribution in [0.2, 0.25) is 5.02 Å². The van der Waals surface area contributed by atoms with E-state index in [9.17, 15) is 9.00 Å². The van der Waals surface area contributed by atoms with E-state index >= 15 is 0 Å². The van der Waals surface area contributed by atoms with Crippen LogP contribution in [0.15, 0.2) is 56.7 Å². The van der Waals surface area contributed by atoms with E-state index < -0.39 is 21.7 Å². The van der Waals surface area contributed by atoms with Crippen LogP contribution in [0, 0.1) is 0 Å². The molecule has 0 heterocycles. The minimum atomic E-state index is -1.37. The summed E-state index contributed by atoms with van der Waals surface area (Å²) in [6.45, 7) is 5.59. The monoisotopic (exact) mass is 409 g/mol. The number of hydrogen-bond acceptors (Lipinski definition) is 4. The Hall–Kier alpha value is -1.63. The summed E-state index contributed by atoms with van der Waals surface area (Å²) in [6.07, 6.45) is 1.57. The highest BCUT2D eigenvalue weighted by Crippen LogP contribution is 2.37. The van der Waals surface area contributed by atoms with Crippen molar-refractivity contribution in [2.45, 2.75) is 35.3 Å². The third-order valence-corrected chi connectivity index (χ3v) is 6.32. The van der Waals surface area contributed by atoms with Crippen molar-refractivity contribution in [3.63, 3.8) is 0 Å². The van der Waals surface area contributed by atoms with Crippen LogP contribution in [-0.2, 0) is 15.7 Å². The maximum absolute atomic E-state index is 12.2. The number of ether oxygens (including phenoxy) is 1. The summed E-state index contributed by atoms with van der Waals surface area (Å²) in [5.74, 6) is -0.413. The molecule has 0 saturated heterocycles. The number of nitrogens with zero attached hydrogens (tertiary/aromatic N) is 1. The van der Waals surface area contributed by atoms with Gasteiger partial charge in [0.2, 0.25) is 0 Å². The summed E-state index contributed by atoms with van der Waals surface area (Å²) in [5, 5.41) is 0.528. The fourth-order valence-electron chi connectivity index (χ4n) is 1.94. The van der Waals surface area contributed by atoms with Gasteiger partial charge in [0.15, 0.2) is 0 Å². The van der Waals surface area contributed by atoms with Crippen LogP contribution in [0.3, 0.4) is 0 Å². The molecule has 2 aromatic carbocycles. The summed E-state index contributed by atoms with van der Waals surface area (Å²) < 4.78 is 20.7. The minimum Gasteiger partial charge on any atom is -0.465 e. The Morgan fingerprint density at radius 1 is 1.19 bits per heavy atom. The first-order chi connectivity index (χ1) is 12.2. The Morgan fingerprint density at radius 2 is 1.88 bits per heavy atom. The molecule has 0 bridgehead atoms. The van der Waals surface area contributed by atoms with Gasteiger partial charge in [-0.25, -0.2) is 9.00 Å².